The van der Waals surface area contributed by atoms with Crippen LogP contribution in [-0.4, -0.2) is 13.1 Å². The van der Waals surface area contributed by atoms with Gasteiger partial charge in [0.25, 0.3) is 0 Å². The minimum absolute atomic E-state index is 0.622. The van der Waals surface area contributed by atoms with Gasteiger partial charge in [0.15, 0.2) is 0 Å². The first kappa shape index (κ1) is 14.6. The van der Waals surface area contributed by atoms with Crippen molar-refractivity contribution in [2.45, 2.75) is 19.8 Å². The van der Waals surface area contributed by atoms with Crippen LogP contribution in [-0.2, 0) is 0 Å². The maximum atomic E-state index is 5.62. The molecule has 0 fully saturated rings. The third kappa shape index (κ3) is 4.39. The number of nitrogens with two attached hydrogens (primary N) is 1. The molecule has 20 heavy (non-hydrogen) atoms. The zero-order chi connectivity index (χ0) is 14.2. The Labute approximate surface area is 122 Å². The van der Waals surface area contributed by atoms with E-state index in [2.05, 4.69) is 60.8 Å². The minimum atomic E-state index is 0.622. The lowest BCUT2D eigenvalue weighted by Gasteiger charge is -2.10. The molecule has 0 aliphatic carbocycles. The van der Waals surface area contributed by atoms with Crippen LogP contribution in [0.5, 0.6) is 0 Å². The van der Waals surface area contributed by atoms with Crippen molar-refractivity contribution in [2.75, 3.05) is 18.4 Å². The van der Waals surface area contributed by atoms with Crippen LogP contribution >= 0.6 is 0 Å². The van der Waals surface area contributed by atoms with Crippen LogP contribution in [0.3, 0.4) is 0 Å². The Kier molecular flexibility index (Phi) is 5.63. The van der Waals surface area contributed by atoms with Crippen LogP contribution in [0.4, 0.5) is 5.69 Å². The Hall–Kier alpha value is -1.80. The van der Waals surface area contributed by atoms with Crippen molar-refractivity contribution in [1.29, 1.82) is 0 Å². The highest BCUT2D eigenvalue weighted by molar-refractivity contribution is 5.65. The monoisotopic (exact) mass is 268 g/mol. The molecule has 2 rings (SSSR count). The molecule has 2 aromatic rings. The highest BCUT2D eigenvalue weighted by atomic mass is 14.9. The highest BCUT2D eigenvalue weighted by Crippen LogP contribution is 2.21. The average molecular weight is 268 g/mol. The van der Waals surface area contributed by atoms with Gasteiger partial charge in [0.2, 0.25) is 0 Å². The Morgan fingerprint density at radius 3 is 2.25 bits per heavy atom. The van der Waals surface area contributed by atoms with Crippen molar-refractivity contribution in [3.05, 3.63) is 54.6 Å². The van der Waals surface area contributed by atoms with Gasteiger partial charge in [0.05, 0.1) is 0 Å². The Morgan fingerprint density at radius 2 is 1.60 bits per heavy atom. The van der Waals surface area contributed by atoms with E-state index in [0.29, 0.717) is 5.92 Å². The van der Waals surface area contributed by atoms with Gasteiger partial charge in [0.1, 0.15) is 0 Å². The number of anilines is 1. The summed E-state index contributed by atoms with van der Waals surface area (Å²) in [7, 11) is 0. The maximum Gasteiger partial charge on any atom is 0.0340 e. The van der Waals surface area contributed by atoms with Crippen molar-refractivity contribution in [1.82, 2.24) is 0 Å². The van der Waals surface area contributed by atoms with Crippen molar-refractivity contribution in [2.24, 2.45) is 11.7 Å². The summed E-state index contributed by atoms with van der Waals surface area (Å²) in [4.78, 5) is 0. The van der Waals surface area contributed by atoms with Gasteiger partial charge >= 0.3 is 0 Å². The molecule has 0 bridgehead atoms. The molecule has 0 aromatic heterocycles. The third-order valence-corrected chi connectivity index (χ3v) is 3.60. The van der Waals surface area contributed by atoms with Crippen LogP contribution in [0.25, 0.3) is 11.1 Å². The van der Waals surface area contributed by atoms with E-state index >= 15 is 0 Å². The summed E-state index contributed by atoms with van der Waals surface area (Å²) in [6.45, 7) is 4.00. The van der Waals surface area contributed by atoms with Gasteiger partial charge < -0.3 is 11.1 Å². The fraction of sp³-hybridized carbons (Fsp3) is 0.333. The smallest absolute Gasteiger partial charge is 0.0340 e. The molecule has 2 aromatic carbocycles. The van der Waals surface area contributed by atoms with E-state index in [1.165, 1.54) is 29.7 Å². The van der Waals surface area contributed by atoms with E-state index in [4.69, 9.17) is 5.73 Å². The summed E-state index contributed by atoms with van der Waals surface area (Å²) < 4.78 is 0. The molecule has 1 unspecified atom stereocenters. The van der Waals surface area contributed by atoms with E-state index in [1.54, 1.807) is 0 Å². The number of benzene rings is 2. The lowest BCUT2D eigenvalue weighted by molar-refractivity contribution is 0.529. The van der Waals surface area contributed by atoms with E-state index in [9.17, 15) is 0 Å². The first-order chi connectivity index (χ1) is 9.79. The summed E-state index contributed by atoms with van der Waals surface area (Å²) in [5, 5.41) is 3.46. The Balaban J connectivity index is 1.83. The first-order valence-electron chi connectivity index (χ1n) is 7.39. The molecule has 0 radical (unpaired) electrons. The van der Waals surface area contributed by atoms with Gasteiger partial charge in [-0.2, -0.15) is 0 Å². The van der Waals surface area contributed by atoms with Crippen LogP contribution in [0.15, 0.2) is 54.6 Å². The second kappa shape index (κ2) is 7.71. The summed E-state index contributed by atoms with van der Waals surface area (Å²) in [6, 6.07) is 19.1. The van der Waals surface area contributed by atoms with Gasteiger partial charge in [0, 0.05) is 12.2 Å². The highest BCUT2D eigenvalue weighted by Gasteiger charge is 1.99. The zero-order valence-electron chi connectivity index (χ0n) is 12.2. The molecule has 106 valence electrons. The van der Waals surface area contributed by atoms with Gasteiger partial charge in [-0.3, -0.25) is 0 Å². The predicted octanol–water partition coefficient (Wildman–Crippen LogP) is 4.14. The minimum Gasteiger partial charge on any atom is -0.385 e. The lowest BCUT2D eigenvalue weighted by atomic mass is 10.1. The molecule has 0 aliphatic heterocycles. The molecular formula is C18H24N2. The molecule has 0 aliphatic rings. The van der Waals surface area contributed by atoms with E-state index < -0.39 is 0 Å². The standard InChI is InChI=1S/C18H24N2/c1-15(14-19)6-5-13-20-18-11-9-17(10-12-18)16-7-3-2-4-8-16/h2-4,7-12,15,20H,5-6,13-14,19H2,1H3. The molecule has 2 nitrogen and oxygen atoms in total. The third-order valence-electron chi connectivity index (χ3n) is 3.60. The van der Waals surface area contributed by atoms with E-state index in [-0.39, 0.29) is 0 Å². The molecule has 2 heteroatoms. The molecule has 3 N–H and O–H groups in total. The first-order valence-corrected chi connectivity index (χ1v) is 7.39. The molecule has 0 saturated carbocycles. The van der Waals surface area contributed by atoms with Crippen molar-refractivity contribution >= 4 is 5.69 Å². The number of hydrogen-bond acceptors (Lipinski definition) is 2. The molecule has 0 amide bonds. The topological polar surface area (TPSA) is 38.0 Å². The predicted molar refractivity (Wildman–Crippen MR) is 87.8 cm³/mol. The second-order valence-corrected chi connectivity index (χ2v) is 5.35. The van der Waals surface area contributed by atoms with Crippen molar-refractivity contribution in [3.63, 3.8) is 0 Å². The van der Waals surface area contributed by atoms with Gasteiger partial charge in [-0.05, 0) is 48.6 Å². The summed E-state index contributed by atoms with van der Waals surface area (Å²) in [5.41, 5.74) is 9.32. The number of nitrogens with one attached hydrogen (secondary N) is 1. The summed E-state index contributed by atoms with van der Waals surface area (Å²) in [5.74, 6) is 0.622. The largest absolute Gasteiger partial charge is 0.385 e. The van der Waals surface area contributed by atoms with Crippen molar-refractivity contribution in [3.8, 4) is 11.1 Å². The SMILES string of the molecule is CC(CN)CCCNc1ccc(-c2ccccc2)cc1. The Bertz CT molecular complexity index is 491. The second-order valence-electron chi connectivity index (χ2n) is 5.35. The van der Waals surface area contributed by atoms with Crippen LogP contribution in [0, 0.1) is 5.92 Å². The van der Waals surface area contributed by atoms with Crippen LogP contribution < -0.4 is 11.1 Å². The molecule has 0 heterocycles. The number of rotatable bonds is 7. The van der Waals surface area contributed by atoms with Crippen molar-refractivity contribution < 1.29 is 0 Å². The normalized spacial score (nSPS) is 12.1. The quantitative estimate of drug-likeness (QED) is 0.741. The van der Waals surface area contributed by atoms with Gasteiger partial charge in [-0.15, -0.1) is 0 Å². The maximum absolute atomic E-state index is 5.62. The summed E-state index contributed by atoms with van der Waals surface area (Å²) >= 11 is 0. The molecule has 0 saturated heterocycles. The molecule has 1 atom stereocenters. The lowest BCUT2D eigenvalue weighted by Crippen LogP contribution is -2.12. The fourth-order valence-corrected chi connectivity index (χ4v) is 2.21. The molecule has 0 spiro atoms. The van der Waals surface area contributed by atoms with Crippen LogP contribution in [0.1, 0.15) is 19.8 Å². The fourth-order valence-electron chi connectivity index (χ4n) is 2.21. The average Bonchev–Trinajstić information content (AvgIpc) is 2.52. The number of hydrogen-bond donors (Lipinski definition) is 2. The summed E-state index contributed by atoms with van der Waals surface area (Å²) in [6.07, 6.45) is 2.35. The van der Waals surface area contributed by atoms with E-state index in [1.807, 2.05) is 6.07 Å². The molecular weight excluding hydrogens is 244 g/mol. The van der Waals surface area contributed by atoms with Crippen LogP contribution in [0.2, 0.25) is 0 Å². The zero-order valence-corrected chi connectivity index (χ0v) is 12.2. The Morgan fingerprint density at radius 1 is 0.950 bits per heavy atom. The van der Waals surface area contributed by atoms with E-state index in [0.717, 1.165) is 13.1 Å². The van der Waals surface area contributed by atoms with Gasteiger partial charge in [-0.1, -0.05) is 49.4 Å². The van der Waals surface area contributed by atoms with Gasteiger partial charge in [-0.25, -0.2) is 0 Å².